The predicted molar refractivity (Wildman–Crippen MR) is 65.2 cm³/mol. The van der Waals surface area contributed by atoms with Crippen LogP contribution in [0.3, 0.4) is 0 Å². The lowest BCUT2D eigenvalue weighted by molar-refractivity contribution is -0.0180. The molecule has 0 radical (unpaired) electrons. The highest BCUT2D eigenvalue weighted by molar-refractivity contribution is 5.44. The van der Waals surface area contributed by atoms with Crippen LogP contribution >= 0.6 is 0 Å². The molecule has 1 atom stereocenters. The summed E-state index contributed by atoms with van der Waals surface area (Å²) in [7, 11) is 0. The van der Waals surface area contributed by atoms with E-state index in [2.05, 4.69) is 18.8 Å². The number of hydrogen-bond acceptors (Lipinski definition) is 3. The van der Waals surface area contributed by atoms with E-state index in [4.69, 9.17) is 10.5 Å². The maximum absolute atomic E-state index is 5.95. The Morgan fingerprint density at radius 1 is 1.56 bits per heavy atom. The molecule has 16 heavy (non-hydrogen) atoms. The molecular formula is C13H20N2O. The summed E-state index contributed by atoms with van der Waals surface area (Å²) in [6.07, 6.45) is 8.28. The summed E-state index contributed by atoms with van der Waals surface area (Å²) in [5.41, 5.74) is 7.91. The fraction of sp³-hybridized carbons (Fsp3) is 0.615. The summed E-state index contributed by atoms with van der Waals surface area (Å²) in [5.74, 6) is 0. The van der Waals surface area contributed by atoms with E-state index in [9.17, 15) is 0 Å². The van der Waals surface area contributed by atoms with E-state index in [-0.39, 0.29) is 5.60 Å². The summed E-state index contributed by atoms with van der Waals surface area (Å²) in [6.45, 7) is 4.32. The second-order valence-electron chi connectivity index (χ2n) is 5.15. The first-order valence-electron chi connectivity index (χ1n) is 5.93. The van der Waals surface area contributed by atoms with Gasteiger partial charge in [-0.05, 0) is 51.2 Å². The number of anilines is 1. The van der Waals surface area contributed by atoms with Gasteiger partial charge >= 0.3 is 0 Å². The number of nitrogens with zero attached hydrogens (tertiary/aromatic N) is 1. The average Bonchev–Trinajstić information content (AvgIpc) is 2.57. The number of nitrogen functional groups attached to an aromatic ring is 1. The minimum Gasteiger partial charge on any atom is -0.398 e. The van der Waals surface area contributed by atoms with E-state index < -0.39 is 0 Å². The first-order valence-corrected chi connectivity index (χ1v) is 5.93. The summed E-state index contributed by atoms with van der Waals surface area (Å²) in [5, 5.41) is 0. The fourth-order valence-corrected chi connectivity index (χ4v) is 2.24. The van der Waals surface area contributed by atoms with Crippen LogP contribution in [0.15, 0.2) is 18.5 Å². The van der Waals surface area contributed by atoms with Crippen molar-refractivity contribution in [3.63, 3.8) is 0 Å². The normalized spacial score (nSPS) is 23.5. The van der Waals surface area contributed by atoms with E-state index in [0.29, 0.717) is 6.10 Å². The molecule has 2 rings (SSSR count). The molecule has 0 saturated carbocycles. The van der Waals surface area contributed by atoms with Gasteiger partial charge in [-0.15, -0.1) is 0 Å². The first-order chi connectivity index (χ1) is 7.57. The lowest BCUT2D eigenvalue weighted by Crippen LogP contribution is -2.20. The average molecular weight is 220 g/mol. The molecule has 2 N–H and O–H groups in total. The highest BCUT2D eigenvalue weighted by atomic mass is 16.5. The zero-order chi connectivity index (χ0) is 11.6. The smallest absolute Gasteiger partial charge is 0.0631 e. The number of aryl methyl sites for hydroxylation is 1. The zero-order valence-electron chi connectivity index (χ0n) is 10.1. The molecule has 0 bridgehead atoms. The van der Waals surface area contributed by atoms with Crippen molar-refractivity contribution in [2.45, 2.75) is 51.2 Å². The van der Waals surface area contributed by atoms with Crippen molar-refractivity contribution in [2.75, 3.05) is 5.73 Å². The van der Waals surface area contributed by atoms with E-state index in [1.165, 1.54) is 0 Å². The summed E-state index contributed by atoms with van der Waals surface area (Å²) < 4.78 is 5.95. The van der Waals surface area contributed by atoms with Crippen LogP contribution in [-0.2, 0) is 11.2 Å². The number of nitrogens with two attached hydrogens (primary N) is 1. The largest absolute Gasteiger partial charge is 0.398 e. The van der Waals surface area contributed by atoms with Crippen molar-refractivity contribution >= 4 is 5.69 Å². The van der Waals surface area contributed by atoms with Gasteiger partial charge in [0.2, 0.25) is 0 Å². The molecule has 1 aliphatic rings. The Kier molecular flexibility index (Phi) is 3.15. The summed E-state index contributed by atoms with van der Waals surface area (Å²) in [6, 6.07) is 1.86. The standard InChI is InChI=1S/C13H20N2O/c1-13(2)7-5-11(16-13)4-3-10-9-15-8-6-12(10)14/h6,8-9,11H,3-5,7H2,1-2H3,(H2,14,15). The minimum absolute atomic E-state index is 0.0607. The monoisotopic (exact) mass is 220 g/mol. The molecule has 1 unspecified atom stereocenters. The van der Waals surface area contributed by atoms with Crippen LogP contribution in [-0.4, -0.2) is 16.7 Å². The van der Waals surface area contributed by atoms with Crippen molar-refractivity contribution in [2.24, 2.45) is 0 Å². The molecule has 1 aliphatic heterocycles. The molecule has 0 aromatic carbocycles. The van der Waals surface area contributed by atoms with E-state index in [1.54, 1.807) is 6.20 Å². The number of aromatic nitrogens is 1. The second kappa shape index (κ2) is 4.42. The number of pyridine rings is 1. The van der Waals surface area contributed by atoms with Gasteiger partial charge in [-0.3, -0.25) is 4.98 Å². The van der Waals surface area contributed by atoms with Gasteiger partial charge in [0.05, 0.1) is 11.7 Å². The third-order valence-corrected chi connectivity index (χ3v) is 3.23. The minimum atomic E-state index is 0.0607. The van der Waals surface area contributed by atoms with Gasteiger partial charge in [0.25, 0.3) is 0 Å². The molecule has 1 aromatic rings. The Morgan fingerprint density at radius 3 is 3.00 bits per heavy atom. The molecule has 0 spiro atoms. The van der Waals surface area contributed by atoms with E-state index in [0.717, 1.165) is 36.9 Å². The van der Waals surface area contributed by atoms with Gasteiger partial charge < -0.3 is 10.5 Å². The van der Waals surface area contributed by atoms with Crippen molar-refractivity contribution in [3.8, 4) is 0 Å². The van der Waals surface area contributed by atoms with E-state index >= 15 is 0 Å². The lowest BCUT2D eigenvalue weighted by Gasteiger charge is -2.19. The molecule has 1 aromatic heterocycles. The van der Waals surface area contributed by atoms with Gasteiger partial charge in [0.1, 0.15) is 0 Å². The topological polar surface area (TPSA) is 48.1 Å². The van der Waals surface area contributed by atoms with Gasteiger partial charge in [-0.25, -0.2) is 0 Å². The Balaban J connectivity index is 1.87. The number of ether oxygens (including phenoxy) is 1. The van der Waals surface area contributed by atoms with Crippen LogP contribution in [0.2, 0.25) is 0 Å². The Morgan fingerprint density at radius 2 is 2.38 bits per heavy atom. The predicted octanol–water partition coefficient (Wildman–Crippen LogP) is 2.55. The fourth-order valence-electron chi connectivity index (χ4n) is 2.24. The van der Waals surface area contributed by atoms with Crippen molar-refractivity contribution in [3.05, 3.63) is 24.0 Å². The molecule has 1 fully saturated rings. The second-order valence-corrected chi connectivity index (χ2v) is 5.15. The molecule has 2 heterocycles. The lowest BCUT2D eigenvalue weighted by atomic mass is 10.0. The van der Waals surface area contributed by atoms with Gasteiger partial charge in [0, 0.05) is 18.1 Å². The van der Waals surface area contributed by atoms with Crippen LogP contribution in [0.1, 0.15) is 38.7 Å². The third-order valence-electron chi connectivity index (χ3n) is 3.23. The van der Waals surface area contributed by atoms with Crippen LogP contribution in [0.5, 0.6) is 0 Å². The maximum atomic E-state index is 5.95. The highest BCUT2D eigenvalue weighted by Gasteiger charge is 2.31. The Bertz CT molecular complexity index is 363. The maximum Gasteiger partial charge on any atom is 0.0631 e. The van der Waals surface area contributed by atoms with E-state index in [1.807, 2.05) is 12.3 Å². The molecule has 3 nitrogen and oxygen atoms in total. The van der Waals surface area contributed by atoms with Gasteiger partial charge in [-0.2, -0.15) is 0 Å². The van der Waals surface area contributed by atoms with Crippen LogP contribution in [0.25, 0.3) is 0 Å². The molecule has 88 valence electrons. The van der Waals surface area contributed by atoms with Crippen molar-refractivity contribution in [1.82, 2.24) is 4.98 Å². The summed E-state index contributed by atoms with van der Waals surface area (Å²) in [4.78, 5) is 4.10. The van der Waals surface area contributed by atoms with Crippen molar-refractivity contribution in [1.29, 1.82) is 0 Å². The van der Waals surface area contributed by atoms with Gasteiger partial charge in [-0.1, -0.05) is 0 Å². The number of rotatable bonds is 3. The number of hydrogen-bond donors (Lipinski definition) is 1. The zero-order valence-corrected chi connectivity index (χ0v) is 10.1. The Labute approximate surface area is 97.0 Å². The van der Waals surface area contributed by atoms with Gasteiger partial charge in [0.15, 0.2) is 0 Å². The molecule has 1 saturated heterocycles. The molecule has 0 amide bonds. The Hall–Kier alpha value is -1.09. The van der Waals surface area contributed by atoms with Crippen LogP contribution in [0.4, 0.5) is 5.69 Å². The highest BCUT2D eigenvalue weighted by Crippen LogP contribution is 2.31. The first kappa shape index (κ1) is 11.4. The molecular weight excluding hydrogens is 200 g/mol. The summed E-state index contributed by atoms with van der Waals surface area (Å²) >= 11 is 0. The van der Waals surface area contributed by atoms with Crippen LogP contribution < -0.4 is 5.73 Å². The van der Waals surface area contributed by atoms with Crippen LogP contribution in [0, 0.1) is 0 Å². The quantitative estimate of drug-likeness (QED) is 0.851. The molecule has 3 heteroatoms. The third kappa shape index (κ3) is 2.73. The molecule has 0 aliphatic carbocycles. The van der Waals surface area contributed by atoms with Crippen molar-refractivity contribution < 1.29 is 4.74 Å². The SMILES string of the molecule is CC1(C)CCC(CCc2cnccc2N)O1.